The normalized spacial score (nSPS) is 10.9. The standard InChI is InChI=1S/C18H18N2S2/c1-20-17(14-7-5-4-6-8-14)16(19-18(20)22-3)13-9-11-15(21-2)12-10-13/h4-12H,1-3H3. The Kier molecular flexibility index (Phi) is 4.60. The fraction of sp³-hybridized carbons (Fsp3) is 0.167. The summed E-state index contributed by atoms with van der Waals surface area (Å²) in [4.78, 5) is 6.12. The van der Waals surface area contributed by atoms with Gasteiger partial charge in [-0.3, -0.25) is 0 Å². The molecule has 0 aliphatic rings. The monoisotopic (exact) mass is 326 g/mol. The molecule has 2 nitrogen and oxygen atoms in total. The predicted molar refractivity (Wildman–Crippen MR) is 97.6 cm³/mol. The maximum atomic E-state index is 4.85. The third-order valence-corrected chi connectivity index (χ3v) is 5.12. The maximum absolute atomic E-state index is 4.85. The van der Waals surface area contributed by atoms with Crippen LogP contribution in [0.1, 0.15) is 0 Å². The van der Waals surface area contributed by atoms with E-state index in [-0.39, 0.29) is 0 Å². The lowest BCUT2D eigenvalue weighted by atomic mass is 10.0. The average molecular weight is 326 g/mol. The van der Waals surface area contributed by atoms with Crippen molar-refractivity contribution in [2.45, 2.75) is 10.1 Å². The lowest BCUT2D eigenvalue weighted by molar-refractivity contribution is 0.798. The third kappa shape index (κ3) is 2.81. The summed E-state index contributed by atoms with van der Waals surface area (Å²) in [6.07, 6.45) is 4.16. The Morgan fingerprint density at radius 1 is 0.818 bits per heavy atom. The molecule has 0 amide bonds. The van der Waals surface area contributed by atoms with E-state index in [0.717, 1.165) is 16.4 Å². The Bertz CT molecular complexity index is 762. The van der Waals surface area contributed by atoms with Gasteiger partial charge in [0.15, 0.2) is 5.16 Å². The van der Waals surface area contributed by atoms with Crippen molar-refractivity contribution in [2.75, 3.05) is 12.5 Å². The Labute approximate surface area is 140 Å². The van der Waals surface area contributed by atoms with Crippen molar-refractivity contribution in [3.63, 3.8) is 0 Å². The molecule has 0 radical (unpaired) electrons. The van der Waals surface area contributed by atoms with Gasteiger partial charge < -0.3 is 4.57 Å². The van der Waals surface area contributed by atoms with Crippen LogP contribution in [0.3, 0.4) is 0 Å². The summed E-state index contributed by atoms with van der Waals surface area (Å²) in [5.41, 5.74) is 4.57. The van der Waals surface area contributed by atoms with E-state index in [0.29, 0.717) is 0 Å². The van der Waals surface area contributed by atoms with Crippen LogP contribution < -0.4 is 0 Å². The van der Waals surface area contributed by atoms with Crippen LogP contribution in [0.5, 0.6) is 0 Å². The molecule has 0 spiro atoms. The number of thioether (sulfide) groups is 2. The molecule has 3 rings (SSSR count). The van der Waals surface area contributed by atoms with E-state index in [1.165, 1.54) is 16.2 Å². The van der Waals surface area contributed by atoms with E-state index < -0.39 is 0 Å². The molecule has 3 aromatic rings. The first kappa shape index (κ1) is 15.3. The number of benzene rings is 2. The largest absolute Gasteiger partial charge is 0.322 e. The van der Waals surface area contributed by atoms with Crippen LogP contribution in [0.2, 0.25) is 0 Å². The van der Waals surface area contributed by atoms with Gasteiger partial charge in [0.2, 0.25) is 0 Å². The molecule has 0 saturated heterocycles. The van der Waals surface area contributed by atoms with E-state index in [1.54, 1.807) is 23.5 Å². The van der Waals surface area contributed by atoms with E-state index in [4.69, 9.17) is 4.98 Å². The Morgan fingerprint density at radius 2 is 1.50 bits per heavy atom. The average Bonchev–Trinajstić information content (AvgIpc) is 2.92. The lowest BCUT2D eigenvalue weighted by Crippen LogP contribution is -1.94. The van der Waals surface area contributed by atoms with Crippen LogP contribution in [0, 0.1) is 0 Å². The zero-order chi connectivity index (χ0) is 15.5. The summed E-state index contributed by atoms with van der Waals surface area (Å²) in [6.45, 7) is 0. The van der Waals surface area contributed by atoms with Crippen molar-refractivity contribution >= 4 is 23.5 Å². The molecule has 2 aromatic carbocycles. The second-order valence-corrected chi connectivity index (χ2v) is 6.60. The molecule has 0 atom stereocenters. The molecule has 0 bridgehead atoms. The lowest BCUT2D eigenvalue weighted by Gasteiger charge is -2.07. The second kappa shape index (κ2) is 6.63. The minimum Gasteiger partial charge on any atom is -0.322 e. The molecule has 22 heavy (non-hydrogen) atoms. The summed E-state index contributed by atoms with van der Waals surface area (Å²) in [5, 5.41) is 1.03. The van der Waals surface area contributed by atoms with Crippen LogP contribution in [0.4, 0.5) is 0 Å². The molecule has 0 fully saturated rings. The zero-order valence-electron chi connectivity index (χ0n) is 12.9. The van der Waals surface area contributed by atoms with Gasteiger partial charge in [0, 0.05) is 23.1 Å². The highest BCUT2D eigenvalue weighted by Crippen LogP contribution is 2.35. The van der Waals surface area contributed by atoms with Gasteiger partial charge in [0.05, 0.1) is 11.4 Å². The molecule has 1 heterocycles. The van der Waals surface area contributed by atoms with E-state index in [9.17, 15) is 0 Å². The van der Waals surface area contributed by atoms with Gasteiger partial charge in [0.1, 0.15) is 0 Å². The number of rotatable bonds is 4. The number of hydrogen-bond acceptors (Lipinski definition) is 3. The van der Waals surface area contributed by atoms with Crippen molar-refractivity contribution in [1.82, 2.24) is 9.55 Å². The third-order valence-electron chi connectivity index (χ3n) is 3.65. The fourth-order valence-electron chi connectivity index (χ4n) is 2.54. The van der Waals surface area contributed by atoms with Crippen LogP contribution in [0.15, 0.2) is 64.6 Å². The first-order valence-corrected chi connectivity index (χ1v) is 9.50. The van der Waals surface area contributed by atoms with Crippen LogP contribution in [0.25, 0.3) is 22.5 Å². The molecule has 0 saturated carbocycles. The molecular weight excluding hydrogens is 308 g/mol. The van der Waals surface area contributed by atoms with Crippen LogP contribution in [-0.4, -0.2) is 22.1 Å². The number of nitrogens with zero attached hydrogens (tertiary/aromatic N) is 2. The summed E-state index contributed by atoms with van der Waals surface area (Å²) in [5.74, 6) is 0. The van der Waals surface area contributed by atoms with Crippen molar-refractivity contribution in [3.8, 4) is 22.5 Å². The summed E-state index contributed by atoms with van der Waals surface area (Å²) < 4.78 is 2.18. The Balaban J connectivity index is 2.18. The summed E-state index contributed by atoms with van der Waals surface area (Å²) in [7, 11) is 2.08. The Morgan fingerprint density at radius 3 is 2.09 bits per heavy atom. The smallest absolute Gasteiger partial charge is 0.168 e. The Hall–Kier alpha value is -1.65. The van der Waals surface area contributed by atoms with Crippen molar-refractivity contribution in [3.05, 3.63) is 54.6 Å². The molecule has 0 aliphatic heterocycles. The predicted octanol–water partition coefficient (Wildman–Crippen LogP) is 5.20. The fourth-order valence-corrected chi connectivity index (χ4v) is 3.49. The molecule has 1 aromatic heterocycles. The molecule has 112 valence electrons. The van der Waals surface area contributed by atoms with Gasteiger partial charge in [-0.15, -0.1) is 11.8 Å². The maximum Gasteiger partial charge on any atom is 0.168 e. The highest BCUT2D eigenvalue weighted by molar-refractivity contribution is 7.98. The SMILES string of the molecule is CSc1ccc(-c2nc(SC)n(C)c2-c2ccccc2)cc1. The highest BCUT2D eigenvalue weighted by Gasteiger charge is 2.17. The summed E-state index contributed by atoms with van der Waals surface area (Å²) >= 11 is 3.43. The number of aromatic nitrogens is 2. The molecule has 0 unspecified atom stereocenters. The minimum atomic E-state index is 1.03. The van der Waals surface area contributed by atoms with Gasteiger partial charge in [0.25, 0.3) is 0 Å². The van der Waals surface area contributed by atoms with Crippen molar-refractivity contribution in [1.29, 1.82) is 0 Å². The topological polar surface area (TPSA) is 17.8 Å². The van der Waals surface area contributed by atoms with E-state index >= 15 is 0 Å². The molecule has 0 N–H and O–H groups in total. The van der Waals surface area contributed by atoms with Crippen molar-refractivity contribution < 1.29 is 0 Å². The first-order chi connectivity index (χ1) is 10.7. The first-order valence-electron chi connectivity index (χ1n) is 7.05. The zero-order valence-corrected chi connectivity index (χ0v) is 14.5. The highest BCUT2D eigenvalue weighted by atomic mass is 32.2. The van der Waals surface area contributed by atoms with Gasteiger partial charge in [-0.2, -0.15) is 0 Å². The minimum absolute atomic E-state index is 1.03. The van der Waals surface area contributed by atoms with Crippen LogP contribution >= 0.6 is 23.5 Å². The quantitative estimate of drug-likeness (QED) is 0.614. The second-order valence-electron chi connectivity index (χ2n) is 4.95. The van der Waals surface area contributed by atoms with Gasteiger partial charge >= 0.3 is 0 Å². The van der Waals surface area contributed by atoms with Crippen molar-refractivity contribution in [2.24, 2.45) is 7.05 Å². The number of imidazole rings is 1. The van der Waals surface area contributed by atoms with E-state index in [1.807, 2.05) is 6.07 Å². The van der Waals surface area contributed by atoms with Crippen LogP contribution in [-0.2, 0) is 7.05 Å². The van der Waals surface area contributed by atoms with Gasteiger partial charge in [-0.25, -0.2) is 4.98 Å². The van der Waals surface area contributed by atoms with E-state index in [2.05, 4.69) is 72.7 Å². The molecular formula is C18H18N2S2. The summed E-state index contributed by atoms with van der Waals surface area (Å²) in [6, 6.07) is 19.1. The molecule has 4 heteroatoms. The van der Waals surface area contributed by atoms with Gasteiger partial charge in [-0.05, 0) is 24.6 Å². The number of hydrogen-bond donors (Lipinski definition) is 0. The molecule has 0 aliphatic carbocycles. The van der Waals surface area contributed by atoms with Gasteiger partial charge in [-0.1, -0.05) is 54.2 Å².